The molecule has 0 bridgehead atoms. The highest BCUT2D eigenvalue weighted by molar-refractivity contribution is 7.66. The van der Waals surface area contributed by atoms with E-state index in [0.717, 1.165) is 0 Å². The van der Waals surface area contributed by atoms with Crippen LogP contribution >= 0.6 is 7.87 Å². The molecule has 29 heavy (non-hydrogen) atoms. The Morgan fingerprint density at radius 2 is 0.690 bits per heavy atom. The van der Waals surface area contributed by atoms with Crippen molar-refractivity contribution in [3.8, 4) is 0 Å². The van der Waals surface area contributed by atoms with Crippen LogP contribution in [0.25, 0.3) is 0 Å². The molecule has 0 fully saturated rings. The zero-order valence-electron chi connectivity index (χ0n) is 21.2. The molecule has 0 rings (SSSR count). The normalized spacial score (nSPS) is 12.4. The van der Waals surface area contributed by atoms with Crippen LogP contribution in [0.1, 0.15) is 98.8 Å². The maximum Gasteiger partial charge on any atom is 0.307 e. The van der Waals surface area contributed by atoms with E-state index in [1.165, 1.54) is 96.9 Å². The van der Waals surface area contributed by atoms with Gasteiger partial charge >= 0.3 is 7.87 Å². The van der Waals surface area contributed by atoms with Crippen molar-refractivity contribution in [3.05, 3.63) is 0 Å². The fourth-order valence-electron chi connectivity index (χ4n) is 4.05. The predicted molar refractivity (Wildman–Crippen MR) is 131 cm³/mol. The smallest absolute Gasteiger partial charge is 0.307 e. The lowest BCUT2D eigenvalue weighted by molar-refractivity contribution is -0.00000671. The quantitative estimate of drug-likeness (QED) is 0.181. The zero-order valence-corrected chi connectivity index (χ0v) is 24.3. The van der Waals surface area contributed by atoms with E-state index in [2.05, 4.69) is 74.4 Å². The Bertz CT molecular complexity index is 316. The molecule has 0 saturated carbocycles. The lowest BCUT2D eigenvalue weighted by Crippen LogP contribution is -3.00. The molecule has 0 atom stereocenters. The molecule has 0 aliphatic rings. The van der Waals surface area contributed by atoms with Crippen molar-refractivity contribution in [1.29, 1.82) is 0 Å². The van der Waals surface area contributed by atoms with Crippen molar-refractivity contribution in [2.75, 3.05) is 53.9 Å². The van der Waals surface area contributed by atoms with Gasteiger partial charge in [-0.15, -0.1) is 18.7 Å². The standard InChI is InChI=1S/C23H54N4P.HI/c1-9-14-19-24(6)28(25(7)20-15-10-2,26(8)21-16-11-3)27(22-17-12-4)23-18-13-5;/h9-23H2,1-8H3;1H/q+1;/p-1. The van der Waals surface area contributed by atoms with Crippen LogP contribution in [0.5, 0.6) is 0 Å². The van der Waals surface area contributed by atoms with Gasteiger partial charge < -0.3 is 24.0 Å². The average Bonchev–Trinajstić information content (AvgIpc) is 2.70. The number of rotatable bonds is 19. The first-order chi connectivity index (χ1) is 13.5. The third-order valence-corrected chi connectivity index (χ3v) is 10.3. The minimum atomic E-state index is -1.69. The van der Waals surface area contributed by atoms with Gasteiger partial charge in [-0.05, 0) is 32.1 Å². The molecule has 0 amide bonds. The Labute approximate surface area is 202 Å². The van der Waals surface area contributed by atoms with Crippen molar-refractivity contribution in [2.45, 2.75) is 98.8 Å². The highest BCUT2D eigenvalue weighted by atomic mass is 127. The van der Waals surface area contributed by atoms with E-state index in [4.69, 9.17) is 0 Å². The third-order valence-electron chi connectivity index (χ3n) is 5.80. The molecule has 0 radical (unpaired) electrons. The van der Waals surface area contributed by atoms with Gasteiger partial charge in [-0.3, -0.25) is 0 Å². The maximum absolute atomic E-state index is 2.92. The molecule has 0 saturated heterocycles. The van der Waals surface area contributed by atoms with Crippen LogP contribution in [0.15, 0.2) is 0 Å². The van der Waals surface area contributed by atoms with Crippen molar-refractivity contribution in [3.63, 3.8) is 0 Å². The summed E-state index contributed by atoms with van der Waals surface area (Å²) in [4.78, 5) is 0. The van der Waals surface area contributed by atoms with Gasteiger partial charge in [0, 0.05) is 53.9 Å². The van der Waals surface area contributed by atoms with Gasteiger partial charge in [-0.25, -0.2) is 0 Å². The van der Waals surface area contributed by atoms with E-state index in [-0.39, 0.29) is 24.0 Å². The molecule has 6 heteroatoms. The molecule has 0 spiro atoms. The second kappa shape index (κ2) is 19.7. The molecule has 0 aliphatic carbocycles. The van der Waals surface area contributed by atoms with Crippen LogP contribution in [0.3, 0.4) is 0 Å². The summed E-state index contributed by atoms with van der Waals surface area (Å²) >= 11 is 0. The largest absolute Gasteiger partial charge is 1.00 e. The topological polar surface area (TPSA) is 13.0 Å². The summed E-state index contributed by atoms with van der Waals surface area (Å²) in [7, 11) is 5.55. The summed E-state index contributed by atoms with van der Waals surface area (Å²) in [6, 6.07) is 0. The number of nitrogens with zero attached hydrogens (tertiary/aromatic N) is 4. The predicted octanol–water partition coefficient (Wildman–Crippen LogP) is 3.77. The van der Waals surface area contributed by atoms with E-state index in [1.807, 2.05) is 0 Å². The van der Waals surface area contributed by atoms with Gasteiger partial charge in [-0.1, -0.05) is 66.7 Å². The van der Waals surface area contributed by atoms with E-state index in [9.17, 15) is 0 Å². The Morgan fingerprint density at radius 1 is 0.448 bits per heavy atom. The van der Waals surface area contributed by atoms with E-state index >= 15 is 0 Å². The van der Waals surface area contributed by atoms with Gasteiger partial charge in [-0.2, -0.15) is 0 Å². The van der Waals surface area contributed by atoms with Gasteiger partial charge in [0.25, 0.3) is 0 Å². The lowest BCUT2D eigenvalue weighted by Gasteiger charge is -2.49. The first-order valence-corrected chi connectivity index (χ1v) is 13.9. The van der Waals surface area contributed by atoms with Crippen LogP contribution in [0.2, 0.25) is 0 Å². The van der Waals surface area contributed by atoms with E-state index < -0.39 is 7.87 Å². The summed E-state index contributed by atoms with van der Waals surface area (Å²) in [5.74, 6) is 0. The monoisotopic (exact) mass is 544 g/mol. The van der Waals surface area contributed by atoms with Crippen LogP contribution in [-0.4, -0.2) is 72.5 Å². The molecular formula is C23H54IN4P. The molecule has 0 unspecified atom stereocenters. The Hall–Kier alpha value is 1.00. The number of halogens is 1. The zero-order chi connectivity index (χ0) is 21.4. The SMILES string of the molecule is CCCCN(C)[P+](N(C)CCCC)(N(C)CCCC)N(CCCC)CCCC.[I-]. The van der Waals surface area contributed by atoms with Gasteiger partial charge in [0.1, 0.15) is 0 Å². The average molecular weight is 545 g/mol. The minimum absolute atomic E-state index is 0. The second-order valence-electron chi connectivity index (χ2n) is 8.40. The molecule has 178 valence electrons. The second-order valence-corrected chi connectivity index (χ2v) is 12.1. The fraction of sp³-hybridized carbons (Fsp3) is 1.00. The highest BCUT2D eigenvalue weighted by Gasteiger charge is 2.56. The molecule has 0 aromatic rings. The van der Waals surface area contributed by atoms with Crippen LogP contribution in [0, 0.1) is 0 Å². The van der Waals surface area contributed by atoms with Gasteiger partial charge in [0.05, 0.1) is 0 Å². The number of unbranched alkanes of at least 4 members (excludes halogenated alkanes) is 5. The third kappa shape index (κ3) is 10.4. The molecule has 0 aromatic heterocycles. The minimum Gasteiger partial charge on any atom is -1.00 e. The van der Waals surface area contributed by atoms with Crippen LogP contribution in [-0.2, 0) is 0 Å². The Morgan fingerprint density at radius 3 is 0.931 bits per heavy atom. The summed E-state index contributed by atoms with van der Waals surface area (Å²) < 4.78 is 11.2. The van der Waals surface area contributed by atoms with E-state index in [1.54, 1.807) is 0 Å². The maximum atomic E-state index is 2.92. The molecule has 0 aliphatic heterocycles. The highest BCUT2D eigenvalue weighted by Crippen LogP contribution is 2.68. The van der Waals surface area contributed by atoms with E-state index in [0.29, 0.717) is 0 Å². The lowest BCUT2D eigenvalue weighted by atomic mass is 10.3. The summed E-state index contributed by atoms with van der Waals surface area (Å²) in [6.07, 6.45) is 12.8. The number of hydrogen-bond donors (Lipinski definition) is 0. The summed E-state index contributed by atoms with van der Waals surface area (Å²) in [5, 5.41) is 0. The van der Waals surface area contributed by atoms with Crippen molar-refractivity contribution in [2.24, 2.45) is 0 Å². The molecular weight excluding hydrogens is 490 g/mol. The van der Waals surface area contributed by atoms with Gasteiger partial charge in [0.15, 0.2) is 0 Å². The first-order valence-electron chi connectivity index (χ1n) is 12.3. The Kier molecular flexibility index (Phi) is 21.8. The molecule has 0 aromatic carbocycles. The summed E-state index contributed by atoms with van der Waals surface area (Å²) in [5.41, 5.74) is 0. The van der Waals surface area contributed by atoms with Crippen LogP contribution < -0.4 is 24.0 Å². The van der Waals surface area contributed by atoms with Crippen molar-refractivity contribution < 1.29 is 24.0 Å². The fourth-order valence-corrected chi connectivity index (χ4v) is 8.96. The summed E-state index contributed by atoms with van der Waals surface area (Å²) in [6.45, 7) is 17.7. The number of hydrogen-bond acceptors (Lipinski definition) is 4. The van der Waals surface area contributed by atoms with Gasteiger partial charge in [0.2, 0.25) is 0 Å². The molecule has 0 heterocycles. The molecule has 0 N–H and O–H groups in total. The van der Waals surface area contributed by atoms with Crippen molar-refractivity contribution in [1.82, 2.24) is 18.7 Å². The first kappa shape index (κ1) is 32.2. The van der Waals surface area contributed by atoms with Crippen molar-refractivity contribution >= 4 is 7.87 Å². The van der Waals surface area contributed by atoms with Crippen LogP contribution in [0.4, 0.5) is 0 Å². The Balaban J connectivity index is 0. The molecule has 4 nitrogen and oxygen atoms in total.